The fourth-order valence-electron chi connectivity index (χ4n) is 5.02. The summed E-state index contributed by atoms with van der Waals surface area (Å²) in [5.74, 6) is 0.0528. The molecule has 2 aliphatic rings. The number of carbonyl (C=O) groups is 2. The van der Waals surface area contributed by atoms with Gasteiger partial charge >= 0.3 is 12.3 Å². The number of halogens is 3. The van der Waals surface area contributed by atoms with Gasteiger partial charge in [0.25, 0.3) is 5.91 Å². The molecule has 1 N–H and O–H groups in total. The van der Waals surface area contributed by atoms with Crippen molar-refractivity contribution in [3.05, 3.63) is 53.1 Å². The molecule has 0 spiro atoms. The summed E-state index contributed by atoms with van der Waals surface area (Å²) in [6, 6.07) is 7.49. The molecule has 2 aliphatic heterocycles. The number of rotatable bonds is 4. The molecular formula is C24H24F3N5O5S. The number of alkyl halides is 3. The van der Waals surface area contributed by atoms with Crippen molar-refractivity contribution in [2.24, 2.45) is 11.8 Å². The van der Waals surface area contributed by atoms with Crippen LogP contribution < -0.4 is 0 Å². The van der Waals surface area contributed by atoms with Crippen LogP contribution in [0.4, 0.5) is 18.0 Å². The van der Waals surface area contributed by atoms with Crippen LogP contribution in [0.5, 0.6) is 0 Å². The minimum Gasteiger partial charge on any atom is -0.445 e. The lowest BCUT2D eigenvalue weighted by Gasteiger charge is -2.34. The quantitative estimate of drug-likeness (QED) is 0.528. The molecule has 202 valence electrons. The Kier molecular flexibility index (Phi) is 6.53. The molecule has 10 nitrogen and oxygen atoms in total. The molecule has 2 atom stereocenters. The van der Waals surface area contributed by atoms with Crippen molar-refractivity contribution >= 4 is 32.9 Å². The molecule has 3 aromatic rings. The van der Waals surface area contributed by atoms with E-state index in [9.17, 15) is 31.2 Å². The van der Waals surface area contributed by atoms with Crippen molar-refractivity contribution < 1.29 is 35.9 Å². The summed E-state index contributed by atoms with van der Waals surface area (Å²) in [4.78, 5) is 28.5. The van der Waals surface area contributed by atoms with Gasteiger partial charge in [0, 0.05) is 38.0 Å². The van der Waals surface area contributed by atoms with E-state index in [2.05, 4.69) is 15.4 Å². The number of H-pyrrole nitrogens is 1. The highest BCUT2D eigenvalue weighted by atomic mass is 32.2. The highest BCUT2D eigenvalue weighted by Gasteiger charge is 2.41. The highest BCUT2D eigenvalue weighted by molar-refractivity contribution is 7.90. The summed E-state index contributed by atoms with van der Waals surface area (Å²) in [7, 11) is -3.91. The first-order chi connectivity index (χ1) is 17.9. The standard InChI is InChI=1S/C24H24F3N5O5S/c1-38(35,36)19-7-14(6-18(9-19)24(25,26)27)13-37-23(34)32-10-16-4-5-31(11-17(16)12-32)22(33)15-2-3-20-21(8-15)29-30-28-20/h2-3,6-9,16-17H,4-5,10-13H2,1H3,(H,28,29,30)/t16-,17?/m1/s1. The Balaban J connectivity index is 1.21. The predicted octanol–water partition coefficient (Wildman–Crippen LogP) is 3.11. The molecule has 2 aromatic carbocycles. The number of carbonyl (C=O) groups excluding carboxylic acids is 2. The number of likely N-dealkylation sites (tertiary alicyclic amines) is 2. The lowest BCUT2D eigenvalue weighted by atomic mass is 9.88. The number of nitrogens with zero attached hydrogens (tertiary/aromatic N) is 4. The average Bonchev–Trinajstić information content (AvgIpc) is 3.51. The second kappa shape index (κ2) is 9.57. The van der Waals surface area contributed by atoms with Crippen LogP contribution in [0.2, 0.25) is 0 Å². The van der Waals surface area contributed by atoms with Crippen LogP contribution in [0.25, 0.3) is 11.0 Å². The van der Waals surface area contributed by atoms with Gasteiger partial charge in [-0.15, -0.1) is 0 Å². The summed E-state index contributed by atoms with van der Waals surface area (Å²) in [6.07, 6.45) is -3.95. The largest absolute Gasteiger partial charge is 0.445 e. The molecule has 5 rings (SSSR count). The molecule has 0 aliphatic carbocycles. The number of aromatic amines is 1. The van der Waals surface area contributed by atoms with E-state index in [-0.39, 0.29) is 23.3 Å². The smallest absolute Gasteiger partial charge is 0.416 e. The van der Waals surface area contributed by atoms with Crippen LogP contribution in [0, 0.1) is 11.8 Å². The van der Waals surface area contributed by atoms with Crippen molar-refractivity contribution in [2.45, 2.75) is 24.1 Å². The molecule has 0 radical (unpaired) electrons. The van der Waals surface area contributed by atoms with Gasteiger partial charge in [0.2, 0.25) is 0 Å². The lowest BCUT2D eigenvalue weighted by Crippen LogP contribution is -2.43. The maximum atomic E-state index is 13.3. The third kappa shape index (κ3) is 5.30. The zero-order valence-electron chi connectivity index (χ0n) is 20.2. The van der Waals surface area contributed by atoms with Crippen molar-refractivity contribution in [3.8, 4) is 0 Å². The van der Waals surface area contributed by atoms with E-state index in [1.807, 2.05) is 0 Å². The van der Waals surface area contributed by atoms with Crippen LogP contribution in [0.1, 0.15) is 27.9 Å². The summed E-state index contributed by atoms with van der Waals surface area (Å²) >= 11 is 0. The van der Waals surface area contributed by atoms with E-state index in [0.717, 1.165) is 18.4 Å². The number of fused-ring (bicyclic) bond motifs is 2. The van der Waals surface area contributed by atoms with Gasteiger partial charge in [0.15, 0.2) is 9.84 Å². The maximum absolute atomic E-state index is 13.3. The highest BCUT2D eigenvalue weighted by Crippen LogP contribution is 2.34. The van der Waals surface area contributed by atoms with Gasteiger partial charge < -0.3 is 14.5 Å². The van der Waals surface area contributed by atoms with E-state index >= 15 is 0 Å². The molecule has 1 unspecified atom stereocenters. The normalized spacial score (nSPS) is 20.0. The molecule has 38 heavy (non-hydrogen) atoms. The number of sulfone groups is 1. The van der Waals surface area contributed by atoms with Gasteiger partial charge in [-0.3, -0.25) is 4.79 Å². The molecule has 2 amide bonds. The summed E-state index contributed by atoms with van der Waals surface area (Å²) < 4.78 is 68.7. The maximum Gasteiger partial charge on any atom is 0.416 e. The molecule has 2 saturated heterocycles. The molecule has 14 heteroatoms. The van der Waals surface area contributed by atoms with Crippen LogP contribution >= 0.6 is 0 Å². The van der Waals surface area contributed by atoms with E-state index in [1.54, 1.807) is 23.1 Å². The molecule has 0 saturated carbocycles. The van der Waals surface area contributed by atoms with E-state index in [1.165, 1.54) is 4.90 Å². The van der Waals surface area contributed by atoms with Crippen LogP contribution in [0.3, 0.4) is 0 Å². The van der Waals surface area contributed by atoms with E-state index < -0.39 is 39.2 Å². The Hall–Kier alpha value is -3.68. The second-order valence-electron chi connectivity index (χ2n) is 9.68. The predicted molar refractivity (Wildman–Crippen MR) is 128 cm³/mol. The molecule has 3 heterocycles. The Morgan fingerprint density at radius 3 is 2.47 bits per heavy atom. The number of amides is 2. The average molecular weight is 552 g/mol. The number of ether oxygens (including phenoxy) is 1. The third-order valence-electron chi connectivity index (χ3n) is 6.99. The minimum atomic E-state index is -4.76. The number of benzene rings is 2. The first kappa shape index (κ1) is 25.9. The Morgan fingerprint density at radius 1 is 1.03 bits per heavy atom. The molecule has 2 fully saturated rings. The zero-order valence-corrected chi connectivity index (χ0v) is 21.1. The Labute approximate surface area is 215 Å². The second-order valence-corrected chi connectivity index (χ2v) is 11.7. The van der Waals surface area contributed by atoms with Gasteiger partial charge in [-0.25, -0.2) is 13.2 Å². The van der Waals surface area contributed by atoms with Gasteiger partial charge in [-0.2, -0.15) is 28.6 Å². The Morgan fingerprint density at radius 2 is 1.74 bits per heavy atom. The molecule has 1 aromatic heterocycles. The van der Waals surface area contributed by atoms with Gasteiger partial charge in [0.05, 0.1) is 10.5 Å². The first-order valence-corrected chi connectivity index (χ1v) is 13.7. The summed E-state index contributed by atoms with van der Waals surface area (Å²) in [5, 5.41) is 10.5. The van der Waals surface area contributed by atoms with Crippen molar-refractivity contribution in [3.63, 3.8) is 0 Å². The number of aromatic nitrogens is 3. The van der Waals surface area contributed by atoms with Crippen LogP contribution in [-0.4, -0.2) is 78.1 Å². The Bertz CT molecular complexity index is 1510. The fraction of sp³-hybridized carbons (Fsp3) is 0.417. The summed E-state index contributed by atoms with van der Waals surface area (Å²) in [6.45, 7) is 1.22. The van der Waals surface area contributed by atoms with Gasteiger partial charge in [-0.1, -0.05) is 0 Å². The number of hydrogen-bond acceptors (Lipinski definition) is 7. The minimum absolute atomic E-state index is 0.0291. The van der Waals surface area contributed by atoms with Crippen molar-refractivity contribution in [1.29, 1.82) is 0 Å². The van der Waals surface area contributed by atoms with Crippen LogP contribution in [0.15, 0.2) is 41.3 Å². The third-order valence-corrected chi connectivity index (χ3v) is 8.09. The van der Waals surface area contributed by atoms with Gasteiger partial charge in [0.1, 0.15) is 17.6 Å². The lowest BCUT2D eigenvalue weighted by molar-refractivity contribution is -0.137. The van der Waals surface area contributed by atoms with E-state index in [0.29, 0.717) is 55.3 Å². The molecule has 0 bridgehead atoms. The van der Waals surface area contributed by atoms with Crippen LogP contribution in [-0.2, 0) is 27.4 Å². The molecular weight excluding hydrogens is 527 g/mol. The monoisotopic (exact) mass is 551 g/mol. The number of hydrogen-bond donors (Lipinski definition) is 1. The van der Waals surface area contributed by atoms with Crippen molar-refractivity contribution in [1.82, 2.24) is 25.2 Å². The first-order valence-electron chi connectivity index (χ1n) is 11.8. The van der Waals surface area contributed by atoms with E-state index in [4.69, 9.17) is 4.74 Å². The number of piperidine rings is 1. The zero-order chi connectivity index (χ0) is 27.2. The topological polar surface area (TPSA) is 126 Å². The number of nitrogens with one attached hydrogen (secondary N) is 1. The van der Waals surface area contributed by atoms with Crippen molar-refractivity contribution in [2.75, 3.05) is 32.4 Å². The SMILES string of the molecule is CS(=O)(=O)c1cc(COC(=O)N2CC3CN(C(=O)c4ccc5n[nH]nc5c4)CC[C@@H]3C2)cc(C(F)(F)F)c1. The van der Waals surface area contributed by atoms with Gasteiger partial charge in [-0.05, 0) is 60.2 Å². The summed E-state index contributed by atoms with van der Waals surface area (Å²) in [5.41, 5.74) is 0.527. The fourth-order valence-corrected chi connectivity index (χ4v) is 5.72.